The molecule has 0 fully saturated rings. The fourth-order valence-electron chi connectivity index (χ4n) is 4.89. The lowest BCUT2D eigenvalue weighted by atomic mass is 10.0. The molecular weight excluding hydrogens is 546 g/mol. The van der Waals surface area contributed by atoms with Crippen LogP contribution in [0.1, 0.15) is 155 Å². The first kappa shape index (κ1) is 42.0. The third-order valence-corrected chi connectivity index (χ3v) is 7.81. The molecule has 5 heteroatoms. The molecule has 0 heterocycles. The third-order valence-electron chi connectivity index (χ3n) is 7.81. The molecule has 5 nitrogen and oxygen atoms in total. The lowest BCUT2D eigenvalue weighted by Gasteiger charge is -2.21. The van der Waals surface area contributed by atoms with Crippen LogP contribution >= 0.6 is 0 Å². The molecule has 44 heavy (non-hydrogen) atoms. The van der Waals surface area contributed by atoms with Crippen molar-refractivity contribution in [1.29, 1.82) is 0 Å². The number of hydrogen-bond donors (Lipinski definition) is 4. The molecule has 0 rings (SSSR count). The van der Waals surface area contributed by atoms with Crippen molar-refractivity contribution in [2.75, 3.05) is 6.61 Å². The number of hydrogen-bond acceptors (Lipinski definition) is 4. The number of nitrogens with one attached hydrogen (secondary N) is 1. The van der Waals surface area contributed by atoms with Gasteiger partial charge < -0.3 is 20.6 Å². The third kappa shape index (κ3) is 28.8. The van der Waals surface area contributed by atoms with Gasteiger partial charge in [0.05, 0.1) is 18.8 Å². The molecule has 0 aromatic carbocycles. The zero-order valence-corrected chi connectivity index (χ0v) is 28.5. The van der Waals surface area contributed by atoms with E-state index in [1.807, 2.05) is 6.08 Å². The van der Waals surface area contributed by atoms with Gasteiger partial charge in [-0.3, -0.25) is 4.79 Å². The number of unbranched alkanes of at least 4 members (excludes halogenated alkanes) is 15. The largest absolute Gasteiger partial charge is 0.394 e. The van der Waals surface area contributed by atoms with Crippen molar-refractivity contribution >= 4 is 5.91 Å². The van der Waals surface area contributed by atoms with Crippen LogP contribution in [0.15, 0.2) is 60.8 Å². The van der Waals surface area contributed by atoms with Crippen molar-refractivity contribution < 1.29 is 20.1 Å². The lowest BCUT2D eigenvalue weighted by Crippen LogP contribution is -2.48. The molecule has 0 aromatic rings. The van der Waals surface area contributed by atoms with E-state index >= 15 is 0 Å². The van der Waals surface area contributed by atoms with Gasteiger partial charge in [0.25, 0.3) is 0 Å². The summed E-state index contributed by atoms with van der Waals surface area (Å²) in [5, 5.41) is 32.9. The molecule has 0 saturated carbocycles. The van der Waals surface area contributed by atoms with E-state index in [9.17, 15) is 20.1 Å². The molecule has 254 valence electrons. The summed E-state index contributed by atoms with van der Waals surface area (Å²) in [7, 11) is 0. The van der Waals surface area contributed by atoms with Gasteiger partial charge in [-0.2, -0.15) is 0 Å². The van der Waals surface area contributed by atoms with Crippen molar-refractivity contribution in [2.24, 2.45) is 0 Å². The highest BCUT2D eigenvalue weighted by molar-refractivity contribution is 5.80. The van der Waals surface area contributed by atoms with E-state index in [1.165, 1.54) is 77.0 Å². The second kappa shape index (κ2) is 33.9. The number of carbonyl (C=O) groups is 1. The highest BCUT2D eigenvalue weighted by atomic mass is 16.3. The molecule has 0 aliphatic heterocycles. The molecule has 3 atom stereocenters. The SMILES string of the molecule is CCCCC/C=C\C/C=C\CCCCCCCCC(O)C(=O)NC(CO)C(O)/C=C/CC/C=C/CC/C=C/CCCCCC. The average molecular weight is 616 g/mol. The monoisotopic (exact) mass is 616 g/mol. The lowest BCUT2D eigenvalue weighted by molar-refractivity contribution is -0.131. The topological polar surface area (TPSA) is 89.8 Å². The minimum atomic E-state index is -1.12. The van der Waals surface area contributed by atoms with Crippen LogP contribution in [0.3, 0.4) is 0 Å². The molecule has 0 radical (unpaired) electrons. The number of carbonyl (C=O) groups excluding carboxylic acids is 1. The van der Waals surface area contributed by atoms with Gasteiger partial charge in [-0.1, -0.05) is 139 Å². The second-order valence-electron chi connectivity index (χ2n) is 12.1. The van der Waals surface area contributed by atoms with Crippen LogP contribution < -0.4 is 5.32 Å². The normalized spacial score (nSPS) is 14.6. The fraction of sp³-hybridized carbons (Fsp3) is 0.718. The minimum Gasteiger partial charge on any atom is -0.394 e. The molecule has 4 N–H and O–H groups in total. The quantitative estimate of drug-likeness (QED) is 0.0462. The van der Waals surface area contributed by atoms with E-state index in [0.717, 1.165) is 57.8 Å². The van der Waals surface area contributed by atoms with Crippen LogP contribution in [-0.4, -0.2) is 46.1 Å². The number of aliphatic hydroxyl groups excluding tert-OH is 3. The summed E-state index contributed by atoms with van der Waals surface area (Å²) in [5.74, 6) is -0.531. The first-order valence-electron chi connectivity index (χ1n) is 18.1. The molecule has 1 amide bonds. The van der Waals surface area contributed by atoms with Crippen LogP contribution in [0.5, 0.6) is 0 Å². The predicted octanol–water partition coefficient (Wildman–Crippen LogP) is 9.59. The van der Waals surface area contributed by atoms with E-state index in [0.29, 0.717) is 6.42 Å². The summed E-state index contributed by atoms with van der Waals surface area (Å²) < 4.78 is 0. The maximum Gasteiger partial charge on any atom is 0.249 e. The van der Waals surface area contributed by atoms with Crippen LogP contribution in [0.2, 0.25) is 0 Å². The zero-order chi connectivity index (χ0) is 32.4. The molecule has 0 aromatic heterocycles. The Morgan fingerprint density at radius 1 is 0.568 bits per heavy atom. The smallest absolute Gasteiger partial charge is 0.249 e. The first-order chi connectivity index (χ1) is 21.6. The Morgan fingerprint density at radius 3 is 1.57 bits per heavy atom. The first-order valence-corrected chi connectivity index (χ1v) is 18.1. The highest BCUT2D eigenvalue weighted by Gasteiger charge is 2.22. The van der Waals surface area contributed by atoms with Crippen molar-refractivity contribution in [2.45, 2.75) is 173 Å². The van der Waals surface area contributed by atoms with Gasteiger partial charge in [-0.25, -0.2) is 0 Å². The summed E-state index contributed by atoms with van der Waals surface area (Å²) >= 11 is 0. The van der Waals surface area contributed by atoms with Crippen LogP contribution in [0.4, 0.5) is 0 Å². The van der Waals surface area contributed by atoms with Gasteiger partial charge in [0.15, 0.2) is 0 Å². The van der Waals surface area contributed by atoms with Gasteiger partial charge in [-0.05, 0) is 77.0 Å². The van der Waals surface area contributed by atoms with Crippen molar-refractivity contribution in [1.82, 2.24) is 5.32 Å². The Balaban J connectivity index is 3.87. The minimum absolute atomic E-state index is 0.388. The summed E-state index contributed by atoms with van der Waals surface area (Å²) in [5.41, 5.74) is 0. The molecule has 0 bridgehead atoms. The number of allylic oxidation sites excluding steroid dienone is 9. The van der Waals surface area contributed by atoms with Crippen molar-refractivity contribution in [3.8, 4) is 0 Å². The summed E-state index contributed by atoms with van der Waals surface area (Å²) in [6.45, 7) is 4.08. The summed E-state index contributed by atoms with van der Waals surface area (Å²) in [6.07, 6.45) is 43.7. The number of aliphatic hydroxyl groups is 3. The Bertz CT molecular complexity index is 770. The molecule has 0 aliphatic rings. The van der Waals surface area contributed by atoms with Gasteiger partial charge >= 0.3 is 0 Å². The Hall–Kier alpha value is -1.95. The second-order valence-corrected chi connectivity index (χ2v) is 12.1. The summed E-state index contributed by atoms with van der Waals surface area (Å²) in [6, 6.07) is -0.825. The van der Waals surface area contributed by atoms with E-state index in [1.54, 1.807) is 6.08 Å². The van der Waals surface area contributed by atoms with E-state index in [2.05, 4.69) is 67.8 Å². The van der Waals surface area contributed by atoms with Crippen LogP contribution in [0.25, 0.3) is 0 Å². The molecule has 0 aliphatic carbocycles. The number of amides is 1. The average Bonchev–Trinajstić information content (AvgIpc) is 3.03. The molecular formula is C39H69NO4. The Labute approximate surface area is 271 Å². The summed E-state index contributed by atoms with van der Waals surface area (Å²) in [4.78, 5) is 12.4. The standard InChI is InChI=1S/C39H69NO4/c1-3-5-7-9-11-13-15-17-19-20-22-24-26-28-30-32-34-38(43)39(44)40-36(35-41)37(42)33-31-29-27-25-23-21-18-16-14-12-10-8-6-4-2/h11,13-14,16-17,19,23,25,31,33,36-38,41-43H,3-10,12,15,18,20-22,24,26-30,32,34-35H2,1-2H3,(H,40,44)/b13-11-,16-14+,19-17-,25-23+,33-31+. The van der Waals surface area contributed by atoms with Gasteiger partial charge in [-0.15, -0.1) is 0 Å². The van der Waals surface area contributed by atoms with Crippen LogP contribution in [-0.2, 0) is 4.79 Å². The fourth-order valence-corrected chi connectivity index (χ4v) is 4.89. The zero-order valence-electron chi connectivity index (χ0n) is 28.5. The van der Waals surface area contributed by atoms with Gasteiger partial charge in [0, 0.05) is 0 Å². The van der Waals surface area contributed by atoms with E-state index in [4.69, 9.17) is 0 Å². The molecule has 0 spiro atoms. The Morgan fingerprint density at radius 2 is 1.00 bits per heavy atom. The maximum atomic E-state index is 12.4. The van der Waals surface area contributed by atoms with Crippen LogP contribution in [0, 0.1) is 0 Å². The number of rotatable bonds is 31. The van der Waals surface area contributed by atoms with E-state index < -0.39 is 24.2 Å². The van der Waals surface area contributed by atoms with Gasteiger partial charge in [0.2, 0.25) is 5.91 Å². The van der Waals surface area contributed by atoms with E-state index in [-0.39, 0.29) is 6.61 Å². The predicted molar refractivity (Wildman–Crippen MR) is 190 cm³/mol. The maximum absolute atomic E-state index is 12.4. The van der Waals surface area contributed by atoms with Crippen molar-refractivity contribution in [3.05, 3.63) is 60.8 Å². The molecule has 3 unspecified atom stereocenters. The highest BCUT2D eigenvalue weighted by Crippen LogP contribution is 2.11. The molecule has 0 saturated heterocycles. The van der Waals surface area contributed by atoms with Crippen molar-refractivity contribution in [3.63, 3.8) is 0 Å². The Kier molecular flexibility index (Phi) is 32.4. The van der Waals surface area contributed by atoms with Gasteiger partial charge in [0.1, 0.15) is 6.10 Å².